The molecule has 1 aromatic heterocycles. The van der Waals surface area contributed by atoms with Crippen LogP contribution in [0.3, 0.4) is 0 Å². The van der Waals surface area contributed by atoms with Crippen LogP contribution in [0.2, 0.25) is 0 Å². The third kappa shape index (κ3) is 4.31. The number of halogens is 1. The highest BCUT2D eigenvalue weighted by atomic mass is 35.5. The van der Waals surface area contributed by atoms with Crippen LogP contribution in [0.25, 0.3) is 10.6 Å². The number of hydrogen-bond donors (Lipinski definition) is 2. The first kappa shape index (κ1) is 19.6. The van der Waals surface area contributed by atoms with Crippen molar-refractivity contribution in [2.45, 2.75) is 33.6 Å². The highest BCUT2D eigenvalue weighted by Crippen LogP contribution is 2.28. The molecule has 0 unspecified atom stereocenters. The lowest BCUT2D eigenvalue weighted by molar-refractivity contribution is -0.125. The molecule has 2 rings (SSSR count). The maximum atomic E-state index is 12.5. The summed E-state index contributed by atoms with van der Waals surface area (Å²) in [4.78, 5) is 16.9. The Hall–Kier alpha value is -1.43. The molecule has 0 aliphatic carbocycles. The summed E-state index contributed by atoms with van der Waals surface area (Å²) < 4.78 is 0. The number of amides is 1. The molecule has 0 saturated heterocycles. The molecule has 4 nitrogen and oxygen atoms in total. The number of rotatable bonds is 6. The van der Waals surface area contributed by atoms with Gasteiger partial charge in [-0.05, 0) is 44.0 Å². The summed E-state index contributed by atoms with van der Waals surface area (Å²) in [6, 6.07) is 7.79. The predicted molar refractivity (Wildman–Crippen MR) is 100 cm³/mol. The third-order valence-corrected chi connectivity index (χ3v) is 5.24. The van der Waals surface area contributed by atoms with Gasteiger partial charge in [0.1, 0.15) is 5.01 Å². The first-order valence-electron chi connectivity index (χ1n) is 7.58. The van der Waals surface area contributed by atoms with Gasteiger partial charge in [0.2, 0.25) is 5.91 Å². The van der Waals surface area contributed by atoms with Gasteiger partial charge in [0.25, 0.3) is 0 Å². The van der Waals surface area contributed by atoms with Crippen LogP contribution < -0.4 is 11.1 Å². The van der Waals surface area contributed by atoms with Gasteiger partial charge >= 0.3 is 0 Å². The van der Waals surface area contributed by atoms with Crippen molar-refractivity contribution in [2.75, 3.05) is 11.9 Å². The monoisotopic (exact) mass is 353 g/mol. The number of nitrogens with zero attached hydrogens (tertiary/aromatic N) is 1. The molecule has 1 aromatic carbocycles. The molecular formula is C17H24ClN3OS. The van der Waals surface area contributed by atoms with Gasteiger partial charge in [-0.1, -0.05) is 13.8 Å². The van der Waals surface area contributed by atoms with Gasteiger partial charge in [-0.2, -0.15) is 0 Å². The normalized spacial score (nSPS) is 11.0. The number of thiazole rings is 1. The number of carbonyl (C=O) groups is 1. The number of benzene rings is 1. The van der Waals surface area contributed by atoms with E-state index in [1.807, 2.05) is 50.4 Å². The topological polar surface area (TPSA) is 68.0 Å². The van der Waals surface area contributed by atoms with Crippen molar-refractivity contribution >= 4 is 35.3 Å². The maximum Gasteiger partial charge on any atom is 0.231 e. The summed E-state index contributed by atoms with van der Waals surface area (Å²) in [6.07, 6.45) is 1.48. The molecule has 3 N–H and O–H groups in total. The Kier molecular flexibility index (Phi) is 7.19. The molecule has 0 radical (unpaired) electrons. The summed E-state index contributed by atoms with van der Waals surface area (Å²) >= 11 is 1.62. The standard InChI is InChI=1S/C17H23N3OS.ClH/c1-4-17(5-2,11-18)16(21)20-14-8-6-13(7-9-14)15-19-12(3)10-22-15;/h6-10H,4-5,11,18H2,1-3H3,(H,20,21);1H. The largest absolute Gasteiger partial charge is 0.329 e. The zero-order chi connectivity index (χ0) is 16.2. The van der Waals surface area contributed by atoms with Crippen LogP contribution in [0.15, 0.2) is 29.6 Å². The number of hydrogen-bond acceptors (Lipinski definition) is 4. The first-order chi connectivity index (χ1) is 10.5. The Morgan fingerprint density at radius 2 is 1.87 bits per heavy atom. The number of nitrogens with two attached hydrogens (primary N) is 1. The molecule has 2 aromatic rings. The van der Waals surface area contributed by atoms with E-state index in [-0.39, 0.29) is 18.3 Å². The molecule has 6 heteroatoms. The van der Waals surface area contributed by atoms with Gasteiger partial charge in [-0.25, -0.2) is 4.98 Å². The van der Waals surface area contributed by atoms with Crippen molar-refractivity contribution in [1.29, 1.82) is 0 Å². The third-order valence-electron chi connectivity index (χ3n) is 4.23. The minimum Gasteiger partial charge on any atom is -0.329 e. The van der Waals surface area contributed by atoms with Crippen molar-refractivity contribution in [1.82, 2.24) is 4.98 Å². The number of nitrogens with one attached hydrogen (secondary N) is 1. The second kappa shape index (κ2) is 8.43. The van der Waals surface area contributed by atoms with E-state index in [9.17, 15) is 4.79 Å². The van der Waals surface area contributed by atoms with Gasteiger partial charge in [-0.3, -0.25) is 4.79 Å². The molecule has 0 saturated carbocycles. The van der Waals surface area contributed by atoms with E-state index < -0.39 is 5.41 Å². The molecule has 126 valence electrons. The number of anilines is 1. The van der Waals surface area contributed by atoms with Crippen LogP contribution in [0.5, 0.6) is 0 Å². The van der Waals surface area contributed by atoms with Gasteiger partial charge in [0.05, 0.1) is 5.41 Å². The summed E-state index contributed by atoms with van der Waals surface area (Å²) in [5, 5.41) is 6.01. The predicted octanol–water partition coefficient (Wildman–Crippen LogP) is 4.24. The maximum absolute atomic E-state index is 12.5. The second-order valence-corrected chi connectivity index (χ2v) is 6.38. The van der Waals surface area contributed by atoms with E-state index in [2.05, 4.69) is 10.3 Å². The van der Waals surface area contributed by atoms with Crippen molar-refractivity contribution in [3.05, 3.63) is 35.3 Å². The van der Waals surface area contributed by atoms with Crippen molar-refractivity contribution in [3.8, 4) is 10.6 Å². The van der Waals surface area contributed by atoms with E-state index in [0.717, 1.165) is 34.8 Å². The second-order valence-electron chi connectivity index (χ2n) is 5.52. The van der Waals surface area contributed by atoms with Gasteiger partial charge < -0.3 is 11.1 Å². The van der Waals surface area contributed by atoms with E-state index >= 15 is 0 Å². The molecule has 0 atom stereocenters. The van der Waals surface area contributed by atoms with Crippen LogP contribution >= 0.6 is 23.7 Å². The quantitative estimate of drug-likeness (QED) is 0.815. The fourth-order valence-electron chi connectivity index (χ4n) is 2.40. The summed E-state index contributed by atoms with van der Waals surface area (Å²) in [5.74, 6) is -0.00200. The molecule has 0 spiro atoms. The SMILES string of the molecule is CCC(CC)(CN)C(=O)Nc1ccc(-c2nc(C)cs2)cc1.Cl. The van der Waals surface area contributed by atoms with Crippen molar-refractivity contribution in [2.24, 2.45) is 11.1 Å². The van der Waals surface area contributed by atoms with Gasteiger partial charge in [0.15, 0.2) is 0 Å². The highest BCUT2D eigenvalue weighted by Gasteiger charge is 2.33. The zero-order valence-electron chi connectivity index (χ0n) is 13.8. The lowest BCUT2D eigenvalue weighted by Crippen LogP contribution is -2.41. The minimum absolute atomic E-state index is 0. The van der Waals surface area contributed by atoms with Crippen LogP contribution in [-0.2, 0) is 4.79 Å². The Morgan fingerprint density at radius 1 is 1.26 bits per heavy atom. The molecule has 23 heavy (non-hydrogen) atoms. The van der Waals surface area contributed by atoms with E-state index in [1.54, 1.807) is 11.3 Å². The number of aryl methyl sites for hydroxylation is 1. The molecule has 0 bridgehead atoms. The molecule has 0 aliphatic rings. The van der Waals surface area contributed by atoms with E-state index in [1.165, 1.54) is 0 Å². The number of aromatic nitrogens is 1. The molecule has 1 heterocycles. The molecule has 0 aliphatic heterocycles. The van der Waals surface area contributed by atoms with E-state index in [0.29, 0.717) is 6.54 Å². The van der Waals surface area contributed by atoms with Crippen LogP contribution in [0.1, 0.15) is 32.4 Å². The highest BCUT2D eigenvalue weighted by molar-refractivity contribution is 7.13. The number of carbonyl (C=O) groups excluding carboxylic acids is 1. The Bertz CT molecular complexity index is 627. The smallest absolute Gasteiger partial charge is 0.231 e. The summed E-state index contributed by atoms with van der Waals surface area (Å²) in [6.45, 7) is 6.35. The lowest BCUT2D eigenvalue weighted by atomic mass is 9.81. The molecule has 0 fully saturated rings. The Morgan fingerprint density at radius 3 is 2.30 bits per heavy atom. The fourth-order valence-corrected chi connectivity index (χ4v) is 3.20. The minimum atomic E-state index is -0.481. The van der Waals surface area contributed by atoms with Crippen LogP contribution in [0, 0.1) is 12.3 Å². The van der Waals surface area contributed by atoms with Crippen LogP contribution in [0.4, 0.5) is 5.69 Å². The van der Waals surface area contributed by atoms with Crippen molar-refractivity contribution < 1.29 is 4.79 Å². The Balaban J connectivity index is 0.00000264. The zero-order valence-corrected chi connectivity index (χ0v) is 15.4. The first-order valence-corrected chi connectivity index (χ1v) is 8.46. The van der Waals surface area contributed by atoms with E-state index in [4.69, 9.17) is 5.73 Å². The average molecular weight is 354 g/mol. The van der Waals surface area contributed by atoms with Gasteiger partial charge in [0, 0.05) is 28.9 Å². The summed E-state index contributed by atoms with van der Waals surface area (Å²) in [5.41, 5.74) is 8.22. The lowest BCUT2D eigenvalue weighted by Gasteiger charge is -2.28. The average Bonchev–Trinajstić information content (AvgIpc) is 2.97. The van der Waals surface area contributed by atoms with Crippen molar-refractivity contribution in [3.63, 3.8) is 0 Å². The molecule has 1 amide bonds. The van der Waals surface area contributed by atoms with Gasteiger partial charge in [-0.15, -0.1) is 23.7 Å². The Labute approximate surface area is 147 Å². The van der Waals surface area contributed by atoms with Crippen LogP contribution in [-0.4, -0.2) is 17.4 Å². The fraction of sp³-hybridized carbons (Fsp3) is 0.412. The summed E-state index contributed by atoms with van der Waals surface area (Å²) in [7, 11) is 0. The molecular weight excluding hydrogens is 330 g/mol.